The zero-order valence-corrected chi connectivity index (χ0v) is 14.6. The van der Waals surface area contributed by atoms with E-state index in [-0.39, 0.29) is 5.91 Å². The molecular formula is C18H28N2O4. The van der Waals surface area contributed by atoms with Gasteiger partial charge >= 0.3 is 0 Å². The molecule has 1 unspecified atom stereocenters. The largest absolute Gasteiger partial charge is 0.379 e. The quantitative estimate of drug-likeness (QED) is 0.694. The smallest absolute Gasteiger partial charge is 0.249 e. The van der Waals surface area contributed by atoms with Crippen molar-refractivity contribution < 1.29 is 19.0 Å². The number of para-hydroxylation sites is 1. The van der Waals surface area contributed by atoms with Crippen LogP contribution in [0.15, 0.2) is 24.3 Å². The fourth-order valence-electron chi connectivity index (χ4n) is 2.60. The molecule has 6 nitrogen and oxygen atoms in total. The Morgan fingerprint density at radius 2 is 2.04 bits per heavy atom. The Morgan fingerprint density at radius 1 is 1.29 bits per heavy atom. The molecule has 0 radical (unpaired) electrons. The Bertz CT molecular complexity index is 504. The van der Waals surface area contributed by atoms with Crippen LogP contribution in [-0.2, 0) is 25.5 Å². The second kappa shape index (κ2) is 10.3. The summed E-state index contributed by atoms with van der Waals surface area (Å²) in [4.78, 5) is 14.5. The number of nitrogens with one attached hydrogen (secondary N) is 1. The molecular weight excluding hydrogens is 308 g/mol. The molecule has 1 aromatic carbocycles. The fourth-order valence-corrected chi connectivity index (χ4v) is 2.60. The molecule has 24 heavy (non-hydrogen) atoms. The predicted molar refractivity (Wildman–Crippen MR) is 93.2 cm³/mol. The normalized spacial score (nSPS) is 16.0. The molecule has 1 aliphatic rings. The van der Waals surface area contributed by atoms with Crippen LogP contribution >= 0.6 is 0 Å². The van der Waals surface area contributed by atoms with Crippen LogP contribution in [0.5, 0.6) is 0 Å². The summed E-state index contributed by atoms with van der Waals surface area (Å²) < 4.78 is 16.1. The lowest BCUT2D eigenvalue weighted by Crippen LogP contribution is -2.38. The van der Waals surface area contributed by atoms with Gasteiger partial charge in [0, 0.05) is 31.9 Å². The van der Waals surface area contributed by atoms with Gasteiger partial charge in [-0.15, -0.1) is 0 Å². The van der Waals surface area contributed by atoms with Gasteiger partial charge in [-0.3, -0.25) is 4.79 Å². The van der Waals surface area contributed by atoms with Crippen molar-refractivity contribution in [2.45, 2.75) is 26.5 Å². The van der Waals surface area contributed by atoms with Crippen LogP contribution < -0.4 is 10.2 Å². The van der Waals surface area contributed by atoms with Crippen LogP contribution in [0.25, 0.3) is 0 Å². The van der Waals surface area contributed by atoms with E-state index >= 15 is 0 Å². The van der Waals surface area contributed by atoms with Crippen molar-refractivity contribution in [3.8, 4) is 0 Å². The topological polar surface area (TPSA) is 60.0 Å². The van der Waals surface area contributed by atoms with Crippen LogP contribution in [0.3, 0.4) is 0 Å². The predicted octanol–water partition coefficient (Wildman–Crippen LogP) is 1.58. The van der Waals surface area contributed by atoms with E-state index in [9.17, 15) is 4.79 Å². The van der Waals surface area contributed by atoms with Crippen LogP contribution in [0.4, 0.5) is 5.69 Å². The number of hydrogen-bond donors (Lipinski definition) is 1. The highest BCUT2D eigenvalue weighted by molar-refractivity contribution is 5.80. The van der Waals surface area contributed by atoms with Crippen molar-refractivity contribution in [2.75, 3.05) is 51.0 Å². The van der Waals surface area contributed by atoms with E-state index in [1.165, 1.54) is 0 Å². The maximum Gasteiger partial charge on any atom is 0.249 e. The van der Waals surface area contributed by atoms with Crippen molar-refractivity contribution >= 4 is 11.6 Å². The van der Waals surface area contributed by atoms with E-state index in [1.807, 2.05) is 25.1 Å². The number of carbonyl (C=O) groups is 1. The first-order valence-corrected chi connectivity index (χ1v) is 8.60. The van der Waals surface area contributed by atoms with E-state index in [0.29, 0.717) is 26.4 Å². The standard InChI is InChI=1S/C18H28N2O4/c1-3-22-12-13-24-15(2)18(21)19-14-16-6-4-5-7-17(16)20-8-10-23-11-9-20/h4-7,15H,3,8-14H2,1-2H3,(H,19,21). The first-order valence-electron chi connectivity index (χ1n) is 8.60. The number of carbonyl (C=O) groups excluding carboxylic acids is 1. The maximum atomic E-state index is 12.2. The van der Waals surface area contributed by atoms with E-state index in [1.54, 1.807) is 6.92 Å². The number of amides is 1. The minimum absolute atomic E-state index is 0.108. The Hall–Kier alpha value is -1.63. The van der Waals surface area contributed by atoms with Crippen LogP contribution in [0, 0.1) is 0 Å². The average molecular weight is 336 g/mol. The maximum absolute atomic E-state index is 12.2. The Balaban J connectivity index is 1.83. The summed E-state index contributed by atoms with van der Waals surface area (Å²) >= 11 is 0. The monoisotopic (exact) mass is 336 g/mol. The average Bonchev–Trinajstić information content (AvgIpc) is 2.64. The molecule has 2 rings (SSSR count). The van der Waals surface area contributed by atoms with Crippen molar-refractivity contribution in [2.24, 2.45) is 0 Å². The van der Waals surface area contributed by atoms with Crippen LogP contribution in [0.1, 0.15) is 19.4 Å². The van der Waals surface area contributed by atoms with E-state index in [4.69, 9.17) is 14.2 Å². The number of nitrogens with zero attached hydrogens (tertiary/aromatic N) is 1. The highest BCUT2D eigenvalue weighted by Gasteiger charge is 2.16. The van der Waals surface area contributed by atoms with Gasteiger partial charge in [0.15, 0.2) is 0 Å². The molecule has 1 saturated heterocycles. The van der Waals surface area contributed by atoms with Crippen molar-refractivity contribution in [1.29, 1.82) is 0 Å². The van der Waals surface area contributed by atoms with E-state index in [0.717, 1.165) is 37.6 Å². The molecule has 0 spiro atoms. The molecule has 1 fully saturated rings. The number of ether oxygens (including phenoxy) is 3. The lowest BCUT2D eigenvalue weighted by molar-refractivity contribution is -0.132. The summed E-state index contributed by atoms with van der Waals surface area (Å²) in [6, 6.07) is 8.16. The molecule has 1 N–H and O–H groups in total. The van der Waals surface area contributed by atoms with Gasteiger partial charge in [-0.05, 0) is 25.5 Å². The second-order valence-corrected chi connectivity index (χ2v) is 5.66. The third kappa shape index (κ3) is 5.78. The van der Waals surface area contributed by atoms with Crippen molar-refractivity contribution in [3.05, 3.63) is 29.8 Å². The highest BCUT2D eigenvalue weighted by atomic mass is 16.5. The molecule has 6 heteroatoms. The number of rotatable bonds is 9. The van der Waals surface area contributed by atoms with Gasteiger partial charge in [0.05, 0.1) is 26.4 Å². The lowest BCUT2D eigenvalue weighted by atomic mass is 10.1. The number of morpholine rings is 1. The Kier molecular flexibility index (Phi) is 8.01. The van der Waals surface area contributed by atoms with Crippen molar-refractivity contribution in [3.63, 3.8) is 0 Å². The molecule has 0 saturated carbocycles. The molecule has 1 aliphatic heterocycles. The second-order valence-electron chi connectivity index (χ2n) is 5.66. The SMILES string of the molecule is CCOCCOC(C)C(=O)NCc1ccccc1N1CCOCC1. The molecule has 1 atom stereocenters. The highest BCUT2D eigenvalue weighted by Crippen LogP contribution is 2.21. The minimum Gasteiger partial charge on any atom is -0.379 e. The lowest BCUT2D eigenvalue weighted by Gasteiger charge is -2.30. The van der Waals surface area contributed by atoms with Crippen LogP contribution in [-0.4, -0.2) is 58.1 Å². The molecule has 1 aromatic rings. The summed E-state index contributed by atoms with van der Waals surface area (Å²) in [6.07, 6.45) is -0.485. The summed E-state index contributed by atoms with van der Waals surface area (Å²) in [7, 11) is 0. The third-order valence-electron chi connectivity index (χ3n) is 3.97. The van der Waals surface area contributed by atoms with E-state index in [2.05, 4.69) is 16.3 Å². The fraction of sp³-hybridized carbons (Fsp3) is 0.611. The number of benzene rings is 1. The first kappa shape index (κ1) is 18.7. The van der Waals surface area contributed by atoms with Gasteiger partial charge in [-0.2, -0.15) is 0 Å². The molecule has 0 bridgehead atoms. The third-order valence-corrected chi connectivity index (χ3v) is 3.97. The van der Waals surface area contributed by atoms with Gasteiger partial charge in [-0.1, -0.05) is 18.2 Å². The number of hydrogen-bond acceptors (Lipinski definition) is 5. The van der Waals surface area contributed by atoms with Gasteiger partial charge in [-0.25, -0.2) is 0 Å². The number of anilines is 1. The summed E-state index contributed by atoms with van der Waals surface area (Å²) in [6.45, 7) is 9.01. The molecule has 0 aromatic heterocycles. The summed E-state index contributed by atoms with van der Waals surface area (Å²) in [5.41, 5.74) is 2.26. The zero-order valence-electron chi connectivity index (χ0n) is 14.6. The van der Waals surface area contributed by atoms with Gasteiger partial charge in [0.1, 0.15) is 6.10 Å². The Labute approximate surface area is 144 Å². The van der Waals surface area contributed by atoms with Gasteiger partial charge in [0.2, 0.25) is 5.91 Å². The Morgan fingerprint density at radius 3 is 2.79 bits per heavy atom. The molecule has 0 aliphatic carbocycles. The zero-order chi connectivity index (χ0) is 17.2. The van der Waals surface area contributed by atoms with Crippen LogP contribution in [0.2, 0.25) is 0 Å². The van der Waals surface area contributed by atoms with Crippen molar-refractivity contribution in [1.82, 2.24) is 5.32 Å². The molecule has 1 amide bonds. The molecule has 1 heterocycles. The van der Waals surface area contributed by atoms with E-state index < -0.39 is 6.10 Å². The van der Waals surface area contributed by atoms with Gasteiger partial charge in [0.25, 0.3) is 0 Å². The molecule has 134 valence electrons. The minimum atomic E-state index is -0.485. The first-order chi connectivity index (χ1) is 11.7. The summed E-state index contributed by atoms with van der Waals surface area (Å²) in [5.74, 6) is -0.108. The van der Waals surface area contributed by atoms with Gasteiger partial charge < -0.3 is 24.4 Å². The summed E-state index contributed by atoms with van der Waals surface area (Å²) in [5, 5.41) is 2.96.